The molecule has 1 aliphatic heterocycles. The largest absolute Gasteiger partial charge is 0.392 e. The standard InChI is InChI=1S/C13H13F2N3O/c14-10-5-9(8-19)6-11(15)13(10)18-4-3-17-2-1-16-12(17)7-18/h1-2,5-6,19H,3-4,7-8H2. The maximum Gasteiger partial charge on any atom is 0.149 e. The summed E-state index contributed by atoms with van der Waals surface area (Å²) in [6.45, 7) is 1.17. The van der Waals surface area contributed by atoms with Crippen molar-refractivity contribution >= 4 is 5.69 Å². The summed E-state index contributed by atoms with van der Waals surface area (Å²) in [5.74, 6) is -0.510. The van der Waals surface area contributed by atoms with Crippen LogP contribution in [0.25, 0.3) is 0 Å². The number of benzene rings is 1. The molecule has 0 unspecified atom stereocenters. The molecule has 1 aromatic heterocycles. The van der Waals surface area contributed by atoms with Crippen molar-refractivity contribution in [3.05, 3.63) is 47.5 Å². The quantitative estimate of drug-likeness (QED) is 0.898. The molecule has 19 heavy (non-hydrogen) atoms. The molecule has 0 fully saturated rings. The molecule has 0 aliphatic carbocycles. The number of imidazole rings is 1. The van der Waals surface area contributed by atoms with Gasteiger partial charge in [-0.3, -0.25) is 0 Å². The number of hydrogen-bond donors (Lipinski definition) is 1. The Morgan fingerprint density at radius 3 is 2.63 bits per heavy atom. The molecular formula is C13H13F2N3O. The average Bonchev–Trinajstić information content (AvgIpc) is 2.85. The third-order valence-corrected chi connectivity index (χ3v) is 3.32. The highest BCUT2D eigenvalue weighted by molar-refractivity contribution is 5.51. The summed E-state index contributed by atoms with van der Waals surface area (Å²) in [5, 5.41) is 8.93. The summed E-state index contributed by atoms with van der Waals surface area (Å²) in [6, 6.07) is 2.33. The normalized spacial score (nSPS) is 14.6. The Bertz CT molecular complexity index is 589. The van der Waals surface area contributed by atoms with Crippen molar-refractivity contribution in [2.75, 3.05) is 11.4 Å². The molecule has 0 radical (unpaired) electrons. The molecule has 6 heteroatoms. The Morgan fingerprint density at radius 2 is 1.95 bits per heavy atom. The van der Waals surface area contributed by atoms with E-state index in [1.807, 2.05) is 10.8 Å². The van der Waals surface area contributed by atoms with Gasteiger partial charge < -0.3 is 14.6 Å². The minimum atomic E-state index is -0.649. The van der Waals surface area contributed by atoms with E-state index in [9.17, 15) is 8.78 Å². The van der Waals surface area contributed by atoms with E-state index in [-0.39, 0.29) is 17.9 Å². The first-order chi connectivity index (χ1) is 9.19. The summed E-state index contributed by atoms with van der Waals surface area (Å²) >= 11 is 0. The van der Waals surface area contributed by atoms with E-state index in [0.29, 0.717) is 19.6 Å². The monoisotopic (exact) mass is 265 g/mol. The topological polar surface area (TPSA) is 41.3 Å². The summed E-state index contributed by atoms with van der Waals surface area (Å²) in [5.41, 5.74) is 0.184. The number of aliphatic hydroxyl groups is 1. The van der Waals surface area contributed by atoms with Gasteiger partial charge in [0.2, 0.25) is 0 Å². The van der Waals surface area contributed by atoms with Crippen molar-refractivity contribution in [2.24, 2.45) is 0 Å². The summed E-state index contributed by atoms with van der Waals surface area (Å²) in [6.07, 6.45) is 3.54. The van der Waals surface area contributed by atoms with Crippen molar-refractivity contribution < 1.29 is 13.9 Å². The second-order valence-electron chi connectivity index (χ2n) is 4.52. The third-order valence-electron chi connectivity index (χ3n) is 3.32. The van der Waals surface area contributed by atoms with Crippen LogP contribution < -0.4 is 4.90 Å². The Hall–Kier alpha value is -1.95. The fourth-order valence-corrected chi connectivity index (χ4v) is 2.38. The molecule has 0 amide bonds. The average molecular weight is 265 g/mol. The van der Waals surface area contributed by atoms with Gasteiger partial charge in [-0.15, -0.1) is 0 Å². The second kappa shape index (κ2) is 4.62. The predicted octanol–water partition coefficient (Wildman–Crippen LogP) is 1.67. The zero-order chi connectivity index (χ0) is 13.4. The highest BCUT2D eigenvalue weighted by atomic mass is 19.1. The van der Waals surface area contributed by atoms with Gasteiger partial charge in [0.25, 0.3) is 0 Å². The first-order valence-corrected chi connectivity index (χ1v) is 6.03. The van der Waals surface area contributed by atoms with Gasteiger partial charge >= 0.3 is 0 Å². The van der Waals surface area contributed by atoms with Crippen LogP contribution in [0.1, 0.15) is 11.4 Å². The minimum absolute atomic E-state index is 0.0496. The molecular weight excluding hydrogens is 252 g/mol. The molecule has 4 nitrogen and oxygen atoms in total. The Kier molecular flexibility index (Phi) is 2.94. The Balaban J connectivity index is 1.96. The number of nitrogens with zero attached hydrogens (tertiary/aromatic N) is 3. The zero-order valence-corrected chi connectivity index (χ0v) is 10.2. The molecule has 0 spiro atoms. The fourth-order valence-electron chi connectivity index (χ4n) is 2.38. The Morgan fingerprint density at radius 1 is 1.21 bits per heavy atom. The van der Waals surface area contributed by atoms with Crippen molar-refractivity contribution in [1.29, 1.82) is 0 Å². The van der Waals surface area contributed by atoms with Crippen molar-refractivity contribution in [2.45, 2.75) is 19.7 Å². The third kappa shape index (κ3) is 2.08. The van der Waals surface area contributed by atoms with Gasteiger partial charge in [-0.05, 0) is 17.7 Å². The molecule has 0 bridgehead atoms. The van der Waals surface area contributed by atoms with Gasteiger partial charge in [-0.1, -0.05) is 0 Å². The van der Waals surface area contributed by atoms with Crippen molar-refractivity contribution in [1.82, 2.24) is 9.55 Å². The number of aliphatic hydroxyl groups excluding tert-OH is 1. The number of aromatic nitrogens is 2. The lowest BCUT2D eigenvalue weighted by molar-refractivity contribution is 0.280. The first-order valence-electron chi connectivity index (χ1n) is 6.03. The molecule has 100 valence electrons. The highest BCUT2D eigenvalue weighted by Crippen LogP contribution is 2.28. The first kappa shape index (κ1) is 12.1. The zero-order valence-electron chi connectivity index (χ0n) is 10.2. The van der Waals surface area contributed by atoms with Crippen LogP contribution >= 0.6 is 0 Å². The maximum absolute atomic E-state index is 14.0. The van der Waals surface area contributed by atoms with E-state index in [0.717, 1.165) is 5.82 Å². The molecule has 3 rings (SSSR count). The van der Waals surface area contributed by atoms with Crippen molar-refractivity contribution in [3.8, 4) is 0 Å². The number of hydrogen-bond acceptors (Lipinski definition) is 3. The molecule has 1 aromatic carbocycles. The van der Waals surface area contributed by atoms with Crippen LogP contribution in [-0.2, 0) is 19.7 Å². The van der Waals surface area contributed by atoms with E-state index in [1.165, 1.54) is 12.1 Å². The number of anilines is 1. The predicted molar refractivity (Wildman–Crippen MR) is 65.6 cm³/mol. The molecule has 1 aliphatic rings. The van der Waals surface area contributed by atoms with E-state index in [4.69, 9.17) is 5.11 Å². The molecule has 1 N–H and O–H groups in total. The lowest BCUT2D eigenvalue weighted by Crippen LogP contribution is -2.34. The van der Waals surface area contributed by atoms with Gasteiger partial charge in [0, 0.05) is 25.5 Å². The van der Waals surface area contributed by atoms with Crippen LogP contribution in [0.5, 0.6) is 0 Å². The van der Waals surface area contributed by atoms with Gasteiger partial charge in [-0.2, -0.15) is 0 Å². The van der Waals surface area contributed by atoms with Crippen LogP contribution in [0.15, 0.2) is 24.5 Å². The fraction of sp³-hybridized carbons (Fsp3) is 0.308. The van der Waals surface area contributed by atoms with Crippen LogP contribution in [0, 0.1) is 11.6 Å². The highest BCUT2D eigenvalue weighted by Gasteiger charge is 2.23. The van der Waals surface area contributed by atoms with Crippen LogP contribution in [0.4, 0.5) is 14.5 Å². The van der Waals surface area contributed by atoms with E-state index in [2.05, 4.69) is 4.98 Å². The number of fused-ring (bicyclic) bond motifs is 1. The van der Waals surface area contributed by atoms with E-state index >= 15 is 0 Å². The van der Waals surface area contributed by atoms with Crippen LogP contribution in [0.3, 0.4) is 0 Å². The number of halogens is 2. The lowest BCUT2D eigenvalue weighted by atomic mass is 10.1. The minimum Gasteiger partial charge on any atom is -0.392 e. The van der Waals surface area contributed by atoms with Gasteiger partial charge in [0.1, 0.15) is 23.1 Å². The van der Waals surface area contributed by atoms with Crippen LogP contribution in [0.2, 0.25) is 0 Å². The van der Waals surface area contributed by atoms with Crippen molar-refractivity contribution in [3.63, 3.8) is 0 Å². The molecule has 0 saturated heterocycles. The van der Waals surface area contributed by atoms with E-state index < -0.39 is 11.6 Å². The summed E-state index contributed by atoms with van der Waals surface area (Å²) < 4.78 is 29.9. The molecule has 0 saturated carbocycles. The summed E-state index contributed by atoms with van der Waals surface area (Å²) in [4.78, 5) is 5.80. The number of rotatable bonds is 2. The van der Waals surface area contributed by atoms with Gasteiger partial charge in [0.15, 0.2) is 0 Å². The molecule has 2 aromatic rings. The van der Waals surface area contributed by atoms with E-state index in [1.54, 1.807) is 11.1 Å². The van der Waals surface area contributed by atoms with Gasteiger partial charge in [-0.25, -0.2) is 13.8 Å². The van der Waals surface area contributed by atoms with Crippen LogP contribution in [-0.4, -0.2) is 21.2 Å². The second-order valence-corrected chi connectivity index (χ2v) is 4.52. The smallest absolute Gasteiger partial charge is 0.149 e. The molecule has 0 atom stereocenters. The maximum atomic E-state index is 14.0. The molecule has 2 heterocycles. The van der Waals surface area contributed by atoms with Gasteiger partial charge in [0.05, 0.1) is 13.2 Å². The lowest BCUT2D eigenvalue weighted by Gasteiger charge is -2.30. The summed E-state index contributed by atoms with van der Waals surface area (Å²) in [7, 11) is 0. The SMILES string of the molecule is OCc1cc(F)c(N2CCn3ccnc3C2)c(F)c1. The Labute approximate surface area is 108 Å².